The highest BCUT2D eigenvalue weighted by Crippen LogP contribution is 2.15. The third-order valence-corrected chi connectivity index (χ3v) is 2.79. The first-order valence-electron chi connectivity index (χ1n) is 5.63. The van der Waals surface area contributed by atoms with E-state index in [9.17, 15) is 9.59 Å². The number of imidazole rings is 1. The predicted octanol–water partition coefficient (Wildman–Crippen LogP) is 0.995. The van der Waals surface area contributed by atoms with Gasteiger partial charge < -0.3 is 10.7 Å². The maximum Gasteiger partial charge on any atom is 0.333 e. The number of hydrogen-bond donors (Lipinski definition) is 2. The van der Waals surface area contributed by atoms with Crippen LogP contribution in [0.1, 0.15) is 10.5 Å². The van der Waals surface area contributed by atoms with Gasteiger partial charge in [0.05, 0.1) is 11.0 Å². The SMILES string of the molecule is Nc1ccc2[nH]c(=O)n(C(=O)c3ccccn3)c2c1. The van der Waals surface area contributed by atoms with Gasteiger partial charge in [-0.05, 0) is 30.3 Å². The third-order valence-electron chi connectivity index (χ3n) is 2.79. The molecule has 0 aliphatic carbocycles. The molecular formula is C13H10N4O2. The molecule has 0 bridgehead atoms. The zero-order valence-corrected chi connectivity index (χ0v) is 9.83. The lowest BCUT2D eigenvalue weighted by atomic mass is 10.2. The van der Waals surface area contributed by atoms with Gasteiger partial charge in [-0.15, -0.1) is 0 Å². The Bertz CT molecular complexity index is 818. The van der Waals surface area contributed by atoms with Crippen LogP contribution in [0.5, 0.6) is 0 Å². The molecule has 2 aromatic heterocycles. The number of aromatic amines is 1. The number of aromatic nitrogens is 3. The molecule has 3 rings (SSSR count). The maximum atomic E-state index is 12.3. The number of anilines is 1. The number of benzene rings is 1. The number of nitrogens with one attached hydrogen (secondary N) is 1. The Morgan fingerprint density at radius 3 is 2.84 bits per heavy atom. The van der Waals surface area contributed by atoms with Crippen molar-refractivity contribution in [1.29, 1.82) is 0 Å². The summed E-state index contributed by atoms with van der Waals surface area (Å²) in [6.07, 6.45) is 1.50. The van der Waals surface area contributed by atoms with E-state index in [0.717, 1.165) is 4.57 Å². The summed E-state index contributed by atoms with van der Waals surface area (Å²) in [5.74, 6) is -0.484. The number of fused-ring (bicyclic) bond motifs is 1. The molecule has 19 heavy (non-hydrogen) atoms. The smallest absolute Gasteiger partial charge is 0.333 e. The monoisotopic (exact) mass is 254 g/mol. The second-order valence-electron chi connectivity index (χ2n) is 4.06. The number of pyridine rings is 1. The molecule has 0 atom stereocenters. The Balaban J connectivity index is 2.25. The van der Waals surface area contributed by atoms with Gasteiger partial charge in [-0.2, -0.15) is 0 Å². The minimum absolute atomic E-state index is 0.202. The number of nitrogen functional groups attached to an aromatic ring is 1. The number of rotatable bonds is 1. The largest absolute Gasteiger partial charge is 0.399 e. The molecule has 0 spiro atoms. The molecular weight excluding hydrogens is 244 g/mol. The molecule has 0 radical (unpaired) electrons. The molecule has 0 unspecified atom stereocenters. The number of H-pyrrole nitrogens is 1. The van der Waals surface area contributed by atoms with Crippen molar-refractivity contribution in [2.24, 2.45) is 0 Å². The van der Waals surface area contributed by atoms with Crippen LogP contribution >= 0.6 is 0 Å². The second kappa shape index (κ2) is 4.09. The summed E-state index contributed by atoms with van der Waals surface area (Å²) in [5.41, 5.74) is 6.87. The Morgan fingerprint density at radius 1 is 1.26 bits per heavy atom. The van der Waals surface area contributed by atoms with E-state index in [0.29, 0.717) is 16.7 Å². The summed E-state index contributed by atoms with van der Waals surface area (Å²) < 4.78 is 1.04. The lowest BCUT2D eigenvalue weighted by Crippen LogP contribution is -2.25. The normalized spacial score (nSPS) is 10.7. The highest BCUT2D eigenvalue weighted by molar-refractivity contribution is 6.00. The molecule has 94 valence electrons. The highest BCUT2D eigenvalue weighted by atomic mass is 16.2. The summed E-state index contributed by atoms with van der Waals surface area (Å²) in [7, 11) is 0. The zero-order valence-electron chi connectivity index (χ0n) is 9.83. The van der Waals surface area contributed by atoms with Gasteiger partial charge in [0.2, 0.25) is 0 Å². The Labute approximate surface area is 107 Å². The first kappa shape index (κ1) is 11.2. The standard InChI is InChI=1S/C13H10N4O2/c14-8-4-5-9-11(7-8)17(13(19)16-9)12(18)10-3-1-2-6-15-10/h1-7H,14H2,(H,16,19). The summed E-state index contributed by atoms with van der Waals surface area (Å²) in [4.78, 5) is 30.7. The van der Waals surface area contributed by atoms with Crippen molar-refractivity contribution >= 4 is 22.6 Å². The fourth-order valence-corrected chi connectivity index (χ4v) is 1.93. The molecule has 2 heterocycles. The van der Waals surface area contributed by atoms with Gasteiger partial charge in [0, 0.05) is 11.9 Å². The first-order chi connectivity index (χ1) is 9.16. The molecule has 0 aliphatic heterocycles. The number of hydrogen-bond acceptors (Lipinski definition) is 4. The minimum atomic E-state index is -0.503. The summed E-state index contributed by atoms with van der Waals surface area (Å²) in [6.45, 7) is 0. The molecule has 0 aliphatic rings. The van der Waals surface area contributed by atoms with Gasteiger partial charge >= 0.3 is 5.69 Å². The molecule has 0 fully saturated rings. The predicted molar refractivity (Wildman–Crippen MR) is 70.9 cm³/mol. The van der Waals surface area contributed by atoms with Crippen molar-refractivity contribution in [3.05, 3.63) is 58.8 Å². The van der Waals surface area contributed by atoms with E-state index in [4.69, 9.17) is 5.73 Å². The van der Waals surface area contributed by atoms with Crippen LogP contribution in [-0.4, -0.2) is 20.4 Å². The number of carbonyl (C=O) groups excluding carboxylic acids is 1. The van der Waals surface area contributed by atoms with Gasteiger partial charge in [-0.3, -0.25) is 9.78 Å². The lowest BCUT2D eigenvalue weighted by Gasteiger charge is -2.01. The highest BCUT2D eigenvalue weighted by Gasteiger charge is 2.16. The van der Waals surface area contributed by atoms with Crippen molar-refractivity contribution in [2.75, 3.05) is 5.73 Å². The van der Waals surface area contributed by atoms with Crippen LogP contribution in [0.3, 0.4) is 0 Å². The van der Waals surface area contributed by atoms with Gasteiger partial charge in [-0.1, -0.05) is 6.07 Å². The van der Waals surface area contributed by atoms with Crippen LogP contribution in [0, 0.1) is 0 Å². The summed E-state index contributed by atoms with van der Waals surface area (Å²) >= 11 is 0. The van der Waals surface area contributed by atoms with Crippen molar-refractivity contribution in [3.63, 3.8) is 0 Å². The topological polar surface area (TPSA) is 93.8 Å². The quantitative estimate of drug-likeness (QED) is 0.633. The first-order valence-corrected chi connectivity index (χ1v) is 5.63. The minimum Gasteiger partial charge on any atom is -0.399 e. The number of nitrogens with zero attached hydrogens (tertiary/aromatic N) is 2. The van der Waals surface area contributed by atoms with Crippen molar-refractivity contribution < 1.29 is 4.79 Å². The Hall–Kier alpha value is -2.89. The third kappa shape index (κ3) is 1.79. The average molecular weight is 254 g/mol. The average Bonchev–Trinajstić information content (AvgIpc) is 2.74. The van der Waals surface area contributed by atoms with Gasteiger partial charge in [-0.25, -0.2) is 9.36 Å². The Morgan fingerprint density at radius 2 is 2.11 bits per heavy atom. The van der Waals surface area contributed by atoms with Crippen LogP contribution in [0.15, 0.2) is 47.4 Å². The van der Waals surface area contributed by atoms with Crippen molar-refractivity contribution in [2.45, 2.75) is 0 Å². The molecule has 3 N–H and O–H groups in total. The van der Waals surface area contributed by atoms with E-state index in [1.807, 2.05) is 0 Å². The van der Waals surface area contributed by atoms with Gasteiger partial charge in [0.15, 0.2) is 0 Å². The fourth-order valence-electron chi connectivity index (χ4n) is 1.93. The number of carbonyl (C=O) groups is 1. The fraction of sp³-hybridized carbons (Fsp3) is 0. The van der Waals surface area contributed by atoms with E-state index in [-0.39, 0.29) is 5.69 Å². The van der Waals surface area contributed by atoms with Crippen LogP contribution in [0.4, 0.5) is 5.69 Å². The van der Waals surface area contributed by atoms with Crippen LogP contribution in [0.25, 0.3) is 11.0 Å². The second-order valence-corrected chi connectivity index (χ2v) is 4.06. The van der Waals surface area contributed by atoms with E-state index >= 15 is 0 Å². The molecule has 0 amide bonds. The zero-order chi connectivity index (χ0) is 13.4. The molecule has 0 saturated carbocycles. The summed E-state index contributed by atoms with van der Waals surface area (Å²) in [6, 6.07) is 9.84. The van der Waals surface area contributed by atoms with Crippen molar-refractivity contribution in [1.82, 2.24) is 14.5 Å². The van der Waals surface area contributed by atoms with Gasteiger partial charge in [0.1, 0.15) is 5.69 Å². The van der Waals surface area contributed by atoms with Crippen LogP contribution in [-0.2, 0) is 0 Å². The maximum absolute atomic E-state index is 12.3. The molecule has 6 heteroatoms. The van der Waals surface area contributed by atoms with Gasteiger partial charge in [0.25, 0.3) is 5.91 Å². The van der Waals surface area contributed by atoms with E-state index in [1.54, 1.807) is 36.4 Å². The summed E-state index contributed by atoms with van der Waals surface area (Å²) in [5, 5.41) is 0. The van der Waals surface area contributed by atoms with E-state index < -0.39 is 11.6 Å². The van der Waals surface area contributed by atoms with E-state index in [1.165, 1.54) is 6.20 Å². The van der Waals surface area contributed by atoms with Crippen molar-refractivity contribution in [3.8, 4) is 0 Å². The molecule has 1 aromatic carbocycles. The lowest BCUT2D eigenvalue weighted by molar-refractivity contribution is 0.0956. The van der Waals surface area contributed by atoms with Crippen LogP contribution < -0.4 is 11.4 Å². The van der Waals surface area contributed by atoms with E-state index in [2.05, 4.69) is 9.97 Å². The Kier molecular flexibility index (Phi) is 2.42. The van der Waals surface area contributed by atoms with Crippen LogP contribution in [0.2, 0.25) is 0 Å². The molecule has 0 saturated heterocycles. The molecule has 3 aromatic rings. The number of nitrogens with two attached hydrogens (primary N) is 1. The molecule has 6 nitrogen and oxygen atoms in total.